The molecule has 0 saturated heterocycles. The molecule has 4 nitrogen and oxygen atoms in total. The average molecular weight is 463 g/mol. The summed E-state index contributed by atoms with van der Waals surface area (Å²) in [6, 6.07) is 4.70. The lowest BCUT2D eigenvalue weighted by molar-refractivity contribution is -0.134. The van der Waals surface area contributed by atoms with Crippen LogP contribution < -0.4 is 4.74 Å². The maximum Gasteiger partial charge on any atom is 0.339 e. The Kier molecular flexibility index (Phi) is 16.1. The number of allylic oxidation sites excluding steroid dienone is 12. The minimum atomic E-state index is -1.11. The van der Waals surface area contributed by atoms with Gasteiger partial charge in [-0.2, -0.15) is 0 Å². The minimum Gasteiger partial charge on any atom is -0.478 e. The van der Waals surface area contributed by atoms with Crippen molar-refractivity contribution < 1.29 is 19.4 Å². The van der Waals surface area contributed by atoms with Gasteiger partial charge in [-0.05, 0) is 69.6 Å². The van der Waals surface area contributed by atoms with E-state index in [1.807, 2.05) is 19.1 Å². The second-order valence-corrected chi connectivity index (χ2v) is 7.73. The number of aryl methyl sites for hydroxylation is 1. The van der Waals surface area contributed by atoms with E-state index in [1.165, 1.54) is 6.07 Å². The molecule has 1 N–H and O–H groups in total. The lowest BCUT2D eigenvalue weighted by Gasteiger charge is -2.07. The Hall–Kier alpha value is -3.40. The van der Waals surface area contributed by atoms with Crippen LogP contribution in [0, 0.1) is 6.92 Å². The highest BCUT2D eigenvalue weighted by Gasteiger charge is 2.14. The monoisotopic (exact) mass is 462 g/mol. The molecule has 0 radical (unpaired) electrons. The number of ether oxygens (including phenoxy) is 1. The Labute approximate surface area is 204 Å². The topological polar surface area (TPSA) is 63.6 Å². The fraction of sp³-hybridized carbons (Fsp3) is 0.333. The molecule has 1 aromatic rings. The number of carbonyl (C=O) groups excluding carboxylic acids is 1. The van der Waals surface area contributed by atoms with Crippen molar-refractivity contribution in [3.8, 4) is 5.75 Å². The summed E-state index contributed by atoms with van der Waals surface area (Å²) in [6.45, 7) is 3.96. The van der Waals surface area contributed by atoms with Gasteiger partial charge in [-0.3, -0.25) is 4.79 Å². The van der Waals surface area contributed by atoms with E-state index < -0.39 is 11.9 Å². The predicted octanol–water partition coefficient (Wildman–Crippen LogP) is 8.08. The van der Waals surface area contributed by atoms with Crippen LogP contribution in [0.3, 0.4) is 0 Å². The molecule has 0 aliphatic carbocycles. The standard InChI is InChI=1S/C30H38O4/c1-3-4-5-6-7-8-9-10-11-12-13-14-15-16-17-18-19-20-21-22-29(31)34-28-25-26(2)23-24-27(28)30(32)33/h4-5,7-8,10-11,13-14,16-17,19-20,23-25H,3,6,9,12,15,18,21-22H2,1-2H3,(H,32,33)/b5-4-,8-7-,11-10-,14-13-,17-16-,20-19-. The lowest BCUT2D eigenvalue weighted by atomic mass is 10.1. The van der Waals surface area contributed by atoms with Gasteiger partial charge in [0.15, 0.2) is 0 Å². The normalized spacial score (nSPS) is 12.4. The number of aromatic carboxylic acids is 1. The molecule has 0 heterocycles. The lowest BCUT2D eigenvalue weighted by Crippen LogP contribution is -2.10. The molecule has 0 amide bonds. The van der Waals surface area contributed by atoms with Gasteiger partial charge in [0.05, 0.1) is 0 Å². The number of hydrogen-bond acceptors (Lipinski definition) is 3. The third-order valence-electron chi connectivity index (χ3n) is 4.70. The second-order valence-electron chi connectivity index (χ2n) is 7.73. The van der Waals surface area contributed by atoms with Gasteiger partial charge < -0.3 is 9.84 Å². The quantitative estimate of drug-likeness (QED) is 0.153. The van der Waals surface area contributed by atoms with Crippen LogP contribution >= 0.6 is 0 Å². The van der Waals surface area contributed by atoms with Gasteiger partial charge in [0.2, 0.25) is 0 Å². The van der Waals surface area contributed by atoms with Crippen LogP contribution in [0.1, 0.15) is 74.2 Å². The molecule has 0 aromatic heterocycles. The highest BCUT2D eigenvalue weighted by Crippen LogP contribution is 2.21. The molecule has 0 bridgehead atoms. The molecule has 182 valence electrons. The summed E-state index contributed by atoms with van der Waals surface area (Å²) in [5, 5.41) is 9.19. The third kappa shape index (κ3) is 14.6. The Morgan fingerprint density at radius 2 is 1.24 bits per heavy atom. The molecule has 0 aliphatic heterocycles. The van der Waals surface area contributed by atoms with E-state index in [9.17, 15) is 14.7 Å². The zero-order valence-electron chi connectivity index (χ0n) is 20.5. The van der Waals surface area contributed by atoms with Crippen molar-refractivity contribution >= 4 is 11.9 Å². The van der Waals surface area contributed by atoms with Crippen LogP contribution in [-0.2, 0) is 4.79 Å². The number of carbonyl (C=O) groups is 2. The maximum atomic E-state index is 12.0. The zero-order chi connectivity index (χ0) is 24.9. The Morgan fingerprint density at radius 1 is 0.765 bits per heavy atom. The summed E-state index contributed by atoms with van der Waals surface area (Å²) in [6.07, 6.45) is 32.1. The fourth-order valence-electron chi connectivity index (χ4n) is 2.91. The van der Waals surface area contributed by atoms with E-state index in [-0.39, 0.29) is 17.7 Å². The van der Waals surface area contributed by atoms with Gasteiger partial charge in [0, 0.05) is 6.42 Å². The highest BCUT2D eigenvalue weighted by molar-refractivity contribution is 5.92. The van der Waals surface area contributed by atoms with Crippen LogP contribution in [0.25, 0.3) is 0 Å². The first-order valence-electron chi connectivity index (χ1n) is 12.0. The molecule has 0 atom stereocenters. The van der Waals surface area contributed by atoms with Crippen molar-refractivity contribution in [1.82, 2.24) is 0 Å². The van der Waals surface area contributed by atoms with Crippen LogP contribution in [0.4, 0.5) is 0 Å². The molecule has 0 spiro atoms. The zero-order valence-corrected chi connectivity index (χ0v) is 20.5. The summed E-state index contributed by atoms with van der Waals surface area (Å²) in [7, 11) is 0. The smallest absolute Gasteiger partial charge is 0.339 e. The summed E-state index contributed by atoms with van der Waals surface area (Å²) in [5.41, 5.74) is 0.831. The van der Waals surface area contributed by atoms with Crippen LogP contribution in [0.5, 0.6) is 5.75 Å². The van der Waals surface area contributed by atoms with E-state index >= 15 is 0 Å². The minimum absolute atomic E-state index is 0.00659. The summed E-state index contributed by atoms with van der Waals surface area (Å²) in [5.74, 6) is -1.45. The van der Waals surface area contributed by atoms with Crippen molar-refractivity contribution in [3.63, 3.8) is 0 Å². The molecule has 0 saturated carbocycles. The molecule has 34 heavy (non-hydrogen) atoms. The Bertz CT molecular complexity index is 914. The van der Waals surface area contributed by atoms with Crippen LogP contribution in [0.2, 0.25) is 0 Å². The molecule has 4 heteroatoms. The van der Waals surface area contributed by atoms with E-state index in [2.05, 4.69) is 67.7 Å². The van der Waals surface area contributed by atoms with Crippen LogP contribution in [0.15, 0.2) is 91.1 Å². The third-order valence-corrected chi connectivity index (χ3v) is 4.70. The maximum absolute atomic E-state index is 12.0. The summed E-state index contributed by atoms with van der Waals surface area (Å²) in [4.78, 5) is 23.2. The second kappa shape index (κ2) is 19.1. The SMILES string of the molecule is CC/C=C\C/C=C\C/C=C\C/C=C\C/C=C\C/C=C\CCC(=O)Oc1cc(C)ccc1C(=O)O. The van der Waals surface area contributed by atoms with Crippen molar-refractivity contribution in [2.24, 2.45) is 0 Å². The molecule has 1 rings (SSSR count). The Balaban J connectivity index is 2.14. The molecule has 0 aliphatic rings. The van der Waals surface area contributed by atoms with Crippen LogP contribution in [-0.4, -0.2) is 17.0 Å². The largest absolute Gasteiger partial charge is 0.478 e. The van der Waals surface area contributed by atoms with E-state index in [1.54, 1.807) is 12.1 Å². The molecular formula is C30H38O4. The summed E-state index contributed by atoms with van der Waals surface area (Å²) >= 11 is 0. The Morgan fingerprint density at radius 3 is 1.71 bits per heavy atom. The van der Waals surface area contributed by atoms with Gasteiger partial charge in [-0.25, -0.2) is 4.79 Å². The van der Waals surface area contributed by atoms with Crippen molar-refractivity contribution in [1.29, 1.82) is 0 Å². The van der Waals surface area contributed by atoms with Gasteiger partial charge in [0.1, 0.15) is 11.3 Å². The van der Waals surface area contributed by atoms with Gasteiger partial charge in [-0.1, -0.05) is 85.9 Å². The molecular weight excluding hydrogens is 424 g/mol. The highest BCUT2D eigenvalue weighted by atomic mass is 16.5. The van der Waals surface area contributed by atoms with Gasteiger partial charge in [0.25, 0.3) is 0 Å². The van der Waals surface area contributed by atoms with E-state index in [4.69, 9.17) is 4.74 Å². The fourth-order valence-corrected chi connectivity index (χ4v) is 2.91. The molecule has 0 fully saturated rings. The number of benzene rings is 1. The summed E-state index contributed by atoms with van der Waals surface area (Å²) < 4.78 is 5.24. The van der Waals surface area contributed by atoms with Crippen molar-refractivity contribution in [2.75, 3.05) is 0 Å². The van der Waals surface area contributed by atoms with E-state index in [0.29, 0.717) is 6.42 Å². The number of hydrogen-bond donors (Lipinski definition) is 1. The van der Waals surface area contributed by atoms with Gasteiger partial charge >= 0.3 is 11.9 Å². The average Bonchev–Trinajstić information content (AvgIpc) is 2.80. The van der Waals surface area contributed by atoms with Gasteiger partial charge in [-0.15, -0.1) is 0 Å². The first kappa shape index (κ1) is 28.6. The molecule has 1 aromatic carbocycles. The molecule has 0 unspecified atom stereocenters. The number of carboxylic acids is 1. The van der Waals surface area contributed by atoms with E-state index in [0.717, 1.165) is 44.1 Å². The van der Waals surface area contributed by atoms with Crippen molar-refractivity contribution in [3.05, 3.63) is 102 Å². The predicted molar refractivity (Wildman–Crippen MR) is 141 cm³/mol. The number of esters is 1. The number of carboxylic acid groups (broad SMARTS) is 1. The number of rotatable bonds is 16. The first-order valence-corrected chi connectivity index (χ1v) is 12.0. The van der Waals surface area contributed by atoms with Crippen molar-refractivity contribution in [2.45, 2.75) is 65.2 Å². The first-order chi connectivity index (χ1) is 16.5.